The van der Waals surface area contributed by atoms with Crippen molar-refractivity contribution < 1.29 is 14.3 Å². The van der Waals surface area contributed by atoms with E-state index in [-0.39, 0.29) is 5.91 Å². The molecule has 0 aliphatic rings. The van der Waals surface area contributed by atoms with Crippen LogP contribution in [0.1, 0.15) is 20.0 Å². The highest BCUT2D eigenvalue weighted by atomic mass is 32.1. The molecule has 3 aromatic rings. The summed E-state index contributed by atoms with van der Waals surface area (Å²) in [6, 6.07) is 12.3. The number of carbonyl (C=O) groups excluding carboxylic acids is 2. The number of carbonyl (C=O) groups is 2. The van der Waals surface area contributed by atoms with Gasteiger partial charge in [0.05, 0.1) is 17.6 Å². The van der Waals surface area contributed by atoms with Crippen LogP contribution in [-0.2, 0) is 4.74 Å². The predicted molar refractivity (Wildman–Crippen MR) is 85.4 cm³/mol. The van der Waals surface area contributed by atoms with Gasteiger partial charge in [0, 0.05) is 17.1 Å². The van der Waals surface area contributed by atoms with Gasteiger partial charge in [0.1, 0.15) is 4.88 Å². The topological polar surface area (TPSA) is 68.3 Å². The zero-order valence-corrected chi connectivity index (χ0v) is 12.5. The zero-order chi connectivity index (χ0) is 15.5. The minimum absolute atomic E-state index is 0.239. The third kappa shape index (κ3) is 2.68. The normalized spacial score (nSPS) is 10.4. The average Bonchev–Trinajstić information content (AvgIpc) is 3.02. The fraction of sp³-hybridized carbons (Fsp3) is 0.0625. The number of pyridine rings is 1. The molecular weight excluding hydrogens is 300 g/mol. The molecule has 0 fully saturated rings. The first kappa shape index (κ1) is 14.2. The summed E-state index contributed by atoms with van der Waals surface area (Å²) < 4.78 is 4.65. The first-order chi connectivity index (χ1) is 10.7. The Morgan fingerprint density at radius 2 is 2.00 bits per heavy atom. The molecule has 0 saturated heterocycles. The molecule has 0 aliphatic carbocycles. The molecule has 0 saturated carbocycles. The molecule has 0 unspecified atom stereocenters. The number of esters is 1. The van der Waals surface area contributed by atoms with Crippen LogP contribution >= 0.6 is 11.3 Å². The van der Waals surface area contributed by atoms with Crippen LogP contribution in [0.15, 0.2) is 48.7 Å². The summed E-state index contributed by atoms with van der Waals surface area (Å²) in [7, 11) is 1.32. The predicted octanol–water partition coefficient (Wildman–Crippen LogP) is 3.34. The highest BCUT2D eigenvalue weighted by Gasteiger charge is 2.13. The van der Waals surface area contributed by atoms with Gasteiger partial charge in [-0.1, -0.05) is 12.1 Å². The van der Waals surface area contributed by atoms with E-state index in [1.54, 1.807) is 36.5 Å². The number of benzene rings is 1. The second kappa shape index (κ2) is 5.95. The highest BCUT2D eigenvalue weighted by molar-refractivity contribution is 7.18. The van der Waals surface area contributed by atoms with Crippen molar-refractivity contribution in [3.8, 4) is 0 Å². The molecule has 0 atom stereocenters. The molecule has 1 N–H and O–H groups in total. The third-order valence-corrected chi connectivity index (χ3v) is 4.10. The van der Waals surface area contributed by atoms with Crippen LogP contribution in [0.2, 0.25) is 0 Å². The average molecular weight is 312 g/mol. The first-order valence-electron chi connectivity index (χ1n) is 6.52. The summed E-state index contributed by atoms with van der Waals surface area (Å²) in [5.74, 6) is -0.656. The Morgan fingerprint density at radius 3 is 2.82 bits per heavy atom. The maximum atomic E-state index is 12.4. The van der Waals surface area contributed by atoms with E-state index in [4.69, 9.17) is 0 Å². The lowest BCUT2D eigenvalue weighted by Crippen LogP contribution is -2.11. The molecule has 2 heterocycles. The maximum absolute atomic E-state index is 12.4. The van der Waals surface area contributed by atoms with E-state index in [1.165, 1.54) is 18.4 Å². The molecule has 0 aliphatic heterocycles. The molecule has 0 bridgehead atoms. The van der Waals surface area contributed by atoms with Gasteiger partial charge in [-0.2, -0.15) is 0 Å². The van der Waals surface area contributed by atoms with Crippen LogP contribution in [0.5, 0.6) is 0 Å². The fourth-order valence-corrected chi connectivity index (χ4v) is 2.92. The van der Waals surface area contributed by atoms with E-state index >= 15 is 0 Å². The molecule has 0 radical (unpaired) electrons. The first-order valence-corrected chi connectivity index (χ1v) is 7.34. The van der Waals surface area contributed by atoms with Crippen LogP contribution in [0.4, 0.5) is 5.00 Å². The van der Waals surface area contributed by atoms with Gasteiger partial charge < -0.3 is 10.1 Å². The van der Waals surface area contributed by atoms with Crippen molar-refractivity contribution in [2.45, 2.75) is 0 Å². The summed E-state index contributed by atoms with van der Waals surface area (Å²) >= 11 is 1.17. The van der Waals surface area contributed by atoms with E-state index < -0.39 is 5.97 Å². The summed E-state index contributed by atoms with van der Waals surface area (Å²) in [6.45, 7) is 0. The van der Waals surface area contributed by atoms with Crippen LogP contribution in [0.3, 0.4) is 0 Å². The van der Waals surface area contributed by atoms with Crippen LogP contribution in [0.25, 0.3) is 10.9 Å². The lowest BCUT2D eigenvalue weighted by atomic mass is 10.1. The number of thiophene rings is 1. The number of rotatable bonds is 3. The van der Waals surface area contributed by atoms with Crippen LogP contribution < -0.4 is 5.32 Å². The molecule has 1 aromatic carbocycles. The Morgan fingerprint density at radius 1 is 1.14 bits per heavy atom. The molecule has 6 heteroatoms. The number of amides is 1. The third-order valence-electron chi connectivity index (χ3n) is 3.12. The highest BCUT2D eigenvalue weighted by Crippen LogP contribution is 2.24. The van der Waals surface area contributed by atoms with Gasteiger partial charge in [0.15, 0.2) is 0 Å². The lowest BCUT2D eigenvalue weighted by molar-refractivity contribution is 0.0606. The molecule has 110 valence electrons. The van der Waals surface area contributed by atoms with E-state index in [0.717, 1.165) is 10.9 Å². The lowest BCUT2D eigenvalue weighted by Gasteiger charge is -2.05. The number of hydrogen-bond acceptors (Lipinski definition) is 5. The summed E-state index contributed by atoms with van der Waals surface area (Å²) in [4.78, 5) is 28.5. The number of ether oxygens (including phenoxy) is 1. The van der Waals surface area contributed by atoms with Gasteiger partial charge in [-0.05, 0) is 30.3 Å². The van der Waals surface area contributed by atoms with Crippen LogP contribution in [-0.4, -0.2) is 24.0 Å². The molecule has 22 heavy (non-hydrogen) atoms. The largest absolute Gasteiger partial charge is 0.465 e. The number of aromatic nitrogens is 1. The van der Waals surface area contributed by atoms with E-state index in [1.807, 2.05) is 12.1 Å². The monoisotopic (exact) mass is 312 g/mol. The quantitative estimate of drug-likeness (QED) is 0.753. The Kier molecular flexibility index (Phi) is 3.84. The Balaban J connectivity index is 1.87. The molecule has 3 rings (SSSR count). The smallest absolute Gasteiger partial charge is 0.348 e. The van der Waals surface area contributed by atoms with Crippen molar-refractivity contribution in [2.75, 3.05) is 12.4 Å². The minimum Gasteiger partial charge on any atom is -0.465 e. The van der Waals surface area contributed by atoms with Crippen molar-refractivity contribution in [1.29, 1.82) is 0 Å². The number of nitrogens with one attached hydrogen (secondary N) is 1. The Labute approximate surface area is 130 Å². The van der Waals surface area contributed by atoms with Gasteiger partial charge in [0.2, 0.25) is 0 Å². The number of fused-ring (bicyclic) bond motifs is 1. The molecule has 0 spiro atoms. The van der Waals surface area contributed by atoms with Crippen molar-refractivity contribution in [3.63, 3.8) is 0 Å². The van der Waals surface area contributed by atoms with Crippen molar-refractivity contribution in [3.05, 3.63) is 59.1 Å². The van der Waals surface area contributed by atoms with E-state index in [2.05, 4.69) is 15.0 Å². The molecule has 5 nitrogen and oxygen atoms in total. The molecule has 2 aromatic heterocycles. The van der Waals surface area contributed by atoms with Crippen molar-refractivity contribution in [2.24, 2.45) is 0 Å². The van der Waals surface area contributed by atoms with Gasteiger partial charge in [0.25, 0.3) is 5.91 Å². The van der Waals surface area contributed by atoms with Gasteiger partial charge in [-0.3, -0.25) is 9.78 Å². The second-order valence-corrected chi connectivity index (χ2v) is 5.57. The summed E-state index contributed by atoms with van der Waals surface area (Å²) in [5.41, 5.74) is 1.30. The SMILES string of the molecule is COC(=O)c1ccc(NC(=O)c2cccc3ncccc23)s1. The van der Waals surface area contributed by atoms with Crippen molar-refractivity contribution >= 4 is 39.1 Å². The summed E-state index contributed by atoms with van der Waals surface area (Å²) in [5, 5.41) is 4.17. The van der Waals surface area contributed by atoms with Gasteiger partial charge in [-0.25, -0.2) is 4.79 Å². The number of anilines is 1. The molecule has 1 amide bonds. The Bertz CT molecular complexity index is 852. The number of nitrogens with zero attached hydrogens (tertiary/aromatic N) is 1. The maximum Gasteiger partial charge on any atom is 0.348 e. The van der Waals surface area contributed by atoms with E-state index in [9.17, 15) is 9.59 Å². The number of methoxy groups -OCH3 is 1. The number of hydrogen-bond donors (Lipinski definition) is 1. The van der Waals surface area contributed by atoms with E-state index in [0.29, 0.717) is 15.4 Å². The standard InChI is InChI=1S/C16H12N2O3S/c1-21-16(20)13-7-8-14(22-13)18-15(19)11-4-2-6-12-10(11)5-3-9-17-12/h2-9H,1H3,(H,18,19). The van der Waals surface area contributed by atoms with Crippen LogP contribution in [0, 0.1) is 0 Å². The summed E-state index contributed by atoms with van der Waals surface area (Å²) in [6.07, 6.45) is 1.69. The van der Waals surface area contributed by atoms with Crippen molar-refractivity contribution in [1.82, 2.24) is 4.98 Å². The zero-order valence-electron chi connectivity index (χ0n) is 11.7. The second-order valence-electron chi connectivity index (χ2n) is 4.49. The van der Waals surface area contributed by atoms with Gasteiger partial charge >= 0.3 is 5.97 Å². The minimum atomic E-state index is -0.417. The van der Waals surface area contributed by atoms with Gasteiger partial charge in [-0.15, -0.1) is 11.3 Å². The Hall–Kier alpha value is -2.73. The fourth-order valence-electron chi connectivity index (χ4n) is 2.10. The molecular formula is C16H12N2O3S.